The van der Waals surface area contributed by atoms with Gasteiger partial charge in [0.15, 0.2) is 0 Å². The molecule has 0 aliphatic rings. The number of hydrogen-bond donors (Lipinski definition) is 2. The van der Waals surface area contributed by atoms with Crippen molar-refractivity contribution < 1.29 is 19.4 Å². The van der Waals surface area contributed by atoms with E-state index in [1.54, 1.807) is 25.8 Å². The van der Waals surface area contributed by atoms with Crippen molar-refractivity contribution in [2.75, 3.05) is 38.8 Å². The summed E-state index contributed by atoms with van der Waals surface area (Å²) in [6.45, 7) is 4.27. The van der Waals surface area contributed by atoms with Crippen LogP contribution in [0.2, 0.25) is 0 Å². The second-order valence-corrected chi connectivity index (χ2v) is 4.48. The summed E-state index contributed by atoms with van der Waals surface area (Å²) in [7, 11) is 3.37. The van der Waals surface area contributed by atoms with Gasteiger partial charge in [-0.3, -0.25) is 4.68 Å². The van der Waals surface area contributed by atoms with Crippen molar-refractivity contribution in [1.29, 1.82) is 0 Å². The quantitative estimate of drug-likeness (QED) is 0.630. The van der Waals surface area contributed by atoms with E-state index in [2.05, 4.69) is 10.4 Å². The first-order valence-electron chi connectivity index (χ1n) is 6.65. The maximum absolute atomic E-state index is 11.2. The van der Waals surface area contributed by atoms with Crippen molar-refractivity contribution in [2.24, 2.45) is 7.05 Å². The fourth-order valence-electron chi connectivity index (χ4n) is 1.90. The van der Waals surface area contributed by atoms with Gasteiger partial charge in [-0.25, -0.2) is 4.79 Å². The lowest BCUT2D eigenvalue weighted by atomic mass is 10.2. The summed E-state index contributed by atoms with van der Waals surface area (Å²) in [5.41, 5.74) is 0.759. The number of carboxylic acids is 1. The number of aromatic nitrogens is 2. The average Bonchev–Trinajstić information content (AvgIpc) is 2.67. The zero-order chi connectivity index (χ0) is 15.0. The van der Waals surface area contributed by atoms with E-state index < -0.39 is 5.97 Å². The summed E-state index contributed by atoms with van der Waals surface area (Å²) < 4.78 is 11.8. The van der Waals surface area contributed by atoms with Crippen molar-refractivity contribution >= 4 is 11.8 Å². The summed E-state index contributed by atoms with van der Waals surface area (Å²) >= 11 is 0. The Balaban J connectivity index is 2.30. The van der Waals surface area contributed by atoms with Crippen LogP contribution in [0.3, 0.4) is 0 Å². The molecule has 1 heterocycles. The number of aryl methyl sites for hydroxylation is 2. The third-order valence-corrected chi connectivity index (χ3v) is 2.88. The molecule has 20 heavy (non-hydrogen) atoms. The lowest BCUT2D eigenvalue weighted by Gasteiger charge is -2.08. The standard InChI is InChI=1S/C13H23N3O4/c1-10-11(13(17)18)12(16(2)15-10)14-6-4-5-7-20-9-8-19-3/h14H,4-9H2,1-3H3,(H,17,18). The molecule has 0 aliphatic carbocycles. The average molecular weight is 285 g/mol. The lowest BCUT2D eigenvalue weighted by molar-refractivity contribution is 0.0690. The van der Waals surface area contributed by atoms with Gasteiger partial charge in [0.2, 0.25) is 0 Å². The van der Waals surface area contributed by atoms with Crippen molar-refractivity contribution in [3.63, 3.8) is 0 Å². The molecule has 0 aliphatic heterocycles. The number of carbonyl (C=O) groups is 1. The molecule has 0 atom stereocenters. The van der Waals surface area contributed by atoms with Gasteiger partial charge >= 0.3 is 5.97 Å². The number of ether oxygens (including phenoxy) is 2. The Morgan fingerprint density at radius 2 is 2.10 bits per heavy atom. The zero-order valence-corrected chi connectivity index (χ0v) is 12.3. The molecule has 0 unspecified atom stereocenters. The number of hydrogen-bond acceptors (Lipinski definition) is 5. The van der Waals surface area contributed by atoms with Crippen molar-refractivity contribution in [3.8, 4) is 0 Å². The van der Waals surface area contributed by atoms with E-state index in [9.17, 15) is 4.79 Å². The van der Waals surface area contributed by atoms with Crippen LogP contribution in [0.5, 0.6) is 0 Å². The smallest absolute Gasteiger partial charge is 0.341 e. The number of anilines is 1. The highest BCUT2D eigenvalue weighted by atomic mass is 16.5. The molecule has 1 rings (SSSR count). The van der Waals surface area contributed by atoms with Crippen LogP contribution in [0.25, 0.3) is 0 Å². The summed E-state index contributed by atoms with van der Waals surface area (Å²) in [6, 6.07) is 0. The molecule has 2 N–H and O–H groups in total. The monoisotopic (exact) mass is 285 g/mol. The maximum atomic E-state index is 11.2. The normalized spacial score (nSPS) is 10.8. The van der Waals surface area contributed by atoms with Gasteiger partial charge in [-0.05, 0) is 19.8 Å². The Kier molecular flexibility index (Phi) is 7.03. The van der Waals surface area contributed by atoms with E-state index in [0.29, 0.717) is 37.9 Å². The number of carboxylic acid groups (broad SMARTS) is 1. The van der Waals surface area contributed by atoms with Crippen LogP contribution in [0.4, 0.5) is 5.82 Å². The molecule has 1 aromatic rings. The Hall–Kier alpha value is -1.60. The minimum atomic E-state index is -0.957. The van der Waals surface area contributed by atoms with E-state index in [-0.39, 0.29) is 5.56 Å². The maximum Gasteiger partial charge on any atom is 0.341 e. The minimum Gasteiger partial charge on any atom is -0.477 e. The largest absolute Gasteiger partial charge is 0.477 e. The SMILES string of the molecule is COCCOCCCCNc1c(C(=O)O)c(C)nn1C. The molecule has 0 radical (unpaired) electrons. The molecule has 7 nitrogen and oxygen atoms in total. The summed E-state index contributed by atoms with van der Waals surface area (Å²) in [4.78, 5) is 11.2. The molecule has 0 saturated carbocycles. The predicted molar refractivity (Wildman–Crippen MR) is 75.3 cm³/mol. The molecule has 0 bridgehead atoms. The number of rotatable bonds is 10. The fraction of sp³-hybridized carbons (Fsp3) is 0.692. The number of unbranched alkanes of at least 4 members (excludes halogenated alkanes) is 1. The van der Waals surface area contributed by atoms with Gasteiger partial charge in [-0.15, -0.1) is 0 Å². The van der Waals surface area contributed by atoms with Gasteiger partial charge < -0.3 is 19.9 Å². The van der Waals surface area contributed by atoms with Crippen LogP contribution in [0.1, 0.15) is 28.9 Å². The first-order valence-corrected chi connectivity index (χ1v) is 6.65. The molecule has 0 spiro atoms. The third kappa shape index (κ3) is 4.82. The molecule has 1 aromatic heterocycles. The summed E-state index contributed by atoms with van der Waals surface area (Å²) in [6.07, 6.45) is 1.81. The highest BCUT2D eigenvalue weighted by molar-refractivity contribution is 5.94. The summed E-state index contributed by atoms with van der Waals surface area (Å²) in [5, 5.41) is 16.4. The Morgan fingerprint density at radius 1 is 1.35 bits per heavy atom. The predicted octanol–water partition coefficient (Wildman–Crippen LogP) is 1.28. The number of methoxy groups -OCH3 is 1. The van der Waals surface area contributed by atoms with E-state index in [1.165, 1.54) is 0 Å². The molecular formula is C13H23N3O4. The van der Waals surface area contributed by atoms with Crippen LogP contribution >= 0.6 is 0 Å². The summed E-state index contributed by atoms with van der Waals surface area (Å²) in [5.74, 6) is -0.406. The van der Waals surface area contributed by atoms with E-state index >= 15 is 0 Å². The Morgan fingerprint density at radius 3 is 2.75 bits per heavy atom. The molecular weight excluding hydrogens is 262 g/mol. The minimum absolute atomic E-state index is 0.240. The first kappa shape index (κ1) is 16.5. The van der Waals surface area contributed by atoms with Crippen LogP contribution in [-0.2, 0) is 16.5 Å². The first-order chi connectivity index (χ1) is 9.57. The van der Waals surface area contributed by atoms with Gasteiger partial charge in [-0.2, -0.15) is 5.10 Å². The number of nitrogens with one attached hydrogen (secondary N) is 1. The molecule has 0 amide bonds. The zero-order valence-electron chi connectivity index (χ0n) is 12.3. The topological polar surface area (TPSA) is 85.6 Å². The van der Waals surface area contributed by atoms with Crippen LogP contribution in [0.15, 0.2) is 0 Å². The Bertz CT molecular complexity index is 431. The van der Waals surface area contributed by atoms with Crippen molar-refractivity contribution in [2.45, 2.75) is 19.8 Å². The third-order valence-electron chi connectivity index (χ3n) is 2.88. The molecule has 0 saturated heterocycles. The molecule has 0 aromatic carbocycles. The van der Waals surface area contributed by atoms with Gasteiger partial charge in [-0.1, -0.05) is 0 Å². The highest BCUT2D eigenvalue weighted by Gasteiger charge is 2.18. The molecule has 7 heteroatoms. The number of nitrogens with zero attached hydrogens (tertiary/aromatic N) is 2. The molecule has 0 fully saturated rings. The van der Waals surface area contributed by atoms with Gasteiger partial charge in [0.25, 0.3) is 0 Å². The van der Waals surface area contributed by atoms with Gasteiger partial charge in [0.1, 0.15) is 11.4 Å². The highest BCUT2D eigenvalue weighted by Crippen LogP contribution is 2.18. The Labute approximate surface area is 118 Å². The van der Waals surface area contributed by atoms with Crippen molar-refractivity contribution in [3.05, 3.63) is 11.3 Å². The lowest BCUT2D eigenvalue weighted by Crippen LogP contribution is -2.11. The van der Waals surface area contributed by atoms with Crippen LogP contribution in [-0.4, -0.2) is 54.3 Å². The van der Waals surface area contributed by atoms with Gasteiger partial charge in [0.05, 0.1) is 18.9 Å². The van der Waals surface area contributed by atoms with E-state index in [0.717, 1.165) is 12.8 Å². The van der Waals surface area contributed by atoms with Gasteiger partial charge in [0, 0.05) is 27.3 Å². The van der Waals surface area contributed by atoms with E-state index in [1.807, 2.05) is 0 Å². The van der Waals surface area contributed by atoms with Crippen molar-refractivity contribution in [1.82, 2.24) is 9.78 Å². The molecule has 114 valence electrons. The second-order valence-electron chi connectivity index (χ2n) is 4.48. The van der Waals surface area contributed by atoms with Crippen LogP contribution in [0, 0.1) is 6.92 Å². The number of aromatic carboxylic acids is 1. The van der Waals surface area contributed by atoms with Crippen LogP contribution < -0.4 is 5.32 Å². The second kappa shape index (κ2) is 8.55. The van der Waals surface area contributed by atoms with E-state index in [4.69, 9.17) is 14.6 Å². The fourth-order valence-corrected chi connectivity index (χ4v) is 1.90.